The van der Waals surface area contributed by atoms with Crippen LogP contribution in [0.25, 0.3) is 11.0 Å². The number of rotatable bonds is 1. The van der Waals surface area contributed by atoms with Gasteiger partial charge in [0.05, 0.1) is 11.0 Å². The molecule has 4 nitrogen and oxygen atoms in total. The van der Waals surface area contributed by atoms with E-state index in [0.717, 1.165) is 42.7 Å². The molecule has 1 fully saturated rings. The third-order valence-electron chi connectivity index (χ3n) is 3.50. The highest BCUT2D eigenvalue weighted by Crippen LogP contribution is 2.25. The number of hydrogen-bond donors (Lipinski definition) is 1. The second-order valence-corrected chi connectivity index (χ2v) is 4.61. The van der Waals surface area contributed by atoms with Crippen molar-refractivity contribution in [2.75, 3.05) is 13.2 Å². The van der Waals surface area contributed by atoms with Gasteiger partial charge >= 0.3 is 5.69 Å². The standard InChI is InChI=1S/C13H16N2O2/c1-9-3-2-4-11-12(9)15(13(16)14-11)10-5-7-17-8-6-10/h2-4,10H,5-8H2,1H3,(H,14,16). The van der Waals surface area contributed by atoms with E-state index in [1.165, 1.54) is 0 Å². The molecule has 4 heteroatoms. The fraction of sp³-hybridized carbons (Fsp3) is 0.462. The maximum absolute atomic E-state index is 12.1. The van der Waals surface area contributed by atoms with Crippen LogP contribution in [0.3, 0.4) is 0 Å². The van der Waals surface area contributed by atoms with E-state index >= 15 is 0 Å². The number of aromatic nitrogens is 2. The molecule has 1 aliphatic rings. The van der Waals surface area contributed by atoms with Gasteiger partial charge in [-0.2, -0.15) is 0 Å². The molecular weight excluding hydrogens is 216 g/mol. The molecule has 0 saturated carbocycles. The molecule has 2 heterocycles. The quantitative estimate of drug-likeness (QED) is 0.817. The molecule has 1 aliphatic heterocycles. The third kappa shape index (κ3) is 1.69. The number of ether oxygens (including phenoxy) is 1. The summed E-state index contributed by atoms with van der Waals surface area (Å²) in [5.41, 5.74) is 3.12. The van der Waals surface area contributed by atoms with Crippen LogP contribution in [0.5, 0.6) is 0 Å². The largest absolute Gasteiger partial charge is 0.381 e. The summed E-state index contributed by atoms with van der Waals surface area (Å²) < 4.78 is 7.26. The van der Waals surface area contributed by atoms with Crippen molar-refractivity contribution in [2.45, 2.75) is 25.8 Å². The zero-order valence-corrected chi connectivity index (χ0v) is 9.90. The van der Waals surface area contributed by atoms with Crippen molar-refractivity contribution in [1.82, 2.24) is 9.55 Å². The molecular formula is C13H16N2O2. The number of benzene rings is 1. The fourth-order valence-corrected chi connectivity index (χ4v) is 2.65. The molecule has 0 amide bonds. The summed E-state index contributed by atoms with van der Waals surface area (Å²) in [7, 11) is 0. The lowest BCUT2D eigenvalue weighted by atomic mass is 10.1. The van der Waals surface area contributed by atoms with Crippen LogP contribution in [0.2, 0.25) is 0 Å². The number of fused-ring (bicyclic) bond motifs is 1. The van der Waals surface area contributed by atoms with Gasteiger partial charge in [-0.25, -0.2) is 4.79 Å². The number of nitrogens with one attached hydrogen (secondary N) is 1. The average molecular weight is 232 g/mol. The Morgan fingerprint density at radius 2 is 2.12 bits per heavy atom. The van der Waals surface area contributed by atoms with Gasteiger partial charge in [-0.05, 0) is 31.4 Å². The van der Waals surface area contributed by atoms with Crippen molar-refractivity contribution >= 4 is 11.0 Å². The fourth-order valence-electron chi connectivity index (χ4n) is 2.65. The van der Waals surface area contributed by atoms with E-state index in [0.29, 0.717) is 0 Å². The number of imidazole rings is 1. The normalized spacial score (nSPS) is 17.7. The Kier molecular flexibility index (Phi) is 2.52. The second kappa shape index (κ2) is 4.04. The van der Waals surface area contributed by atoms with Crippen molar-refractivity contribution in [3.63, 3.8) is 0 Å². The predicted molar refractivity (Wildman–Crippen MR) is 66.4 cm³/mol. The first-order valence-electron chi connectivity index (χ1n) is 6.05. The molecule has 0 atom stereocenters. The van der Waals surface area contributed by atoms with Crippen molar-refractivity contribution in [1.29, 1.82) is 0 Å². The number of nitrogens with zero attached hydrogens (tertiary/aromatic N) is 1. The second-order valence-electron chi connectivity index (χ2n) is 4.61. The van der Waals surface area contributed by atoms with E-state index < -0.39 is 0 Å². The molecule has 1 aromatic carbocycles. The molecule has 0 radical (unpaired) electrons. The molecule has 0 bridgehead atoms. The van der Waals surface area contributed by atoms with Crippen LogP contribution in [0.4, 0.5) is 0 Å². The van der Waals surface area contributed by atoms with Gasteiger partial charge in [-0.1, -0.05) is 12.1 Å². The lowest BCUT2D eigenvalue weighted by molar-refractivity contribution is 0.0698. The first kappa shape index (κ1) is 10.6. The summed E-state index contributed by atoms with van der Waals surface area (Å²) in [4.78, 5) is 15.0. The molecule has 0 aliphatic carbocycles. The van der Waals surface area contributed by atoms with Gasteiger partial charge < -0.3 is 9.72 Å². The summed E-state index contributed by atoms with van der Waals surface area (Å²) >= 11 is 0. The lowest BCUT2D eigenvalue weighted by Crippen LogP contribution is -2.27. The summed E-state index contributed by atoms with van der Waals surface area (Å²) in [6.07, 6.45) is 1.84. The minimum absolute atomic E-state index is 0.00111. The number of aryl methyl sites for hydroxylation is 1. The number of para-hydroxylation sites is 1. The molecule has 90 valence electrons. The molecule has 0 unspecified atom stereocenters. The molecule has 2 aromatic rings. The van der Waals surface area contributed by atoms with E-state index in [1.807, 2.05) is 29.7 Å². The zero-order chi connectivity index (χ0) is 11.8. The Labute approximate surface area is 99.2 Å². The van der Waals surface area contributed by atoms with Crippen LogP contribution in [0.1, 0.15) is 24.4 Å². The number of H-pyrrole nitrogens is 1. The van der Waals surface area contributed by atoms with Crippen LogP contribution >= 0.6 is 0 Å². The van der Waals surface area contributed by atoms with Crippen molar-refractivity contribution in [3.8, 4) is 0 Å². The van der Waals surface area contributed by atoms with E-state index in [2.05, 4.69) is 4.98 Å². The summed E-state index contributed by atoms with van der Waals surface area (Å²) in [5.74, 6) is 0. The monoisotopic (exact) mass is 232 g/mol. The zero-order valence-electron chi connectivity index (χ0n) is 9.90. The molecule has 17 heavy (non-hydrogen) atoms. The highest BCUT2D eigenvalue weighted by Gasteiger charge is 2.20. The Bertz CT molecular complexity index is 591. The maximum Gasteiger partial charge on any atom is 0.326 e. The minimum Gasteiger partial charge on any atom is -0.381 e. The maximum atomic E-state index is 12.1. The minimum atomic E-state index is 0.00111. The highest BCUT2D eigenvalue weighted by atomic mass is 16.5. The van der Waals surface area contributed by atoms with Crippen LogP contribution < -0.4 is 5.69 Å². The van der Waals surface area contributed by atoms with Crippen LogP contribution in [-0.4, -0.2) is 22.8 Å². The van der Waals surface area contributed by atoms with E-state index in [9.17, 15) is 4.79 Å². The Hall–Kier alpha value is -1.55. The van der Waals surface area contributed by atoms with Crippen molar-refractivity contribution < 1.29 is 4.74 Å². The van der Waals surface area contributed by atoms with Gasteiger partial charge in [-0.15, -0.1) is 0 Å². The first-order valence-corrected chi connectivity index (χ1v) is 6.05. The van der Waals surface area contributed by atoms with Crippen molar-refractivity contribution in [2.24, 2.45) is 0 Å². The van der Waals surface area contributed by atoms with Gasteiger partial charge in [0.1, 0.15) is 0 Å². The molecule has 1 N–H and O–H groups in total. The first-order chi connectivity index (χ1) is 8.27. The van der Waals surface area contributed by atoms with Gasteiger partial charge in [0.2, 0.25) is 0 Å². The van der Waals surface area contributed by atoms with Crippen LogP contribution in [0.15, 0.2) is 23.0 Å². The smallest absolute Gasteiger partial charge is 0.326 e. The summed E-state index contributed by atoms with van der Waals surface area (Å²) in [6.45, 7) is 3.54. The van der Waals surface area contributed by atoms with E-state index in [1.54, 1.807) is 0 Å². The lowest BCUT2D eigenvalue weighted by Gasteiger charge is -2.23. The van der Waals surface area contributed by atoms with Gasteiger partial charge in [-0.3, -0.25) is 4.57 Å². The van der Waals surface area contributed by atoms with Gasteiger partial charge in [0.15, 0.2) is 0 Å². The van der Waals surface area contributed by atoms with Crippen LogP contribution in [-0.2, 0) is 4.74 Å². The predicted octanol–water partition coefficient (Wildman–Crippen LogP) is 1.99. The van der Waals surface area contributed by atoms with E-state index in [-0.39, 0.29) is 11.7 Å². The van der Waals surface area contributed by atoms with Crippen LogP contribution in [0, 0.1) is 6.92 Å². The summed E-state index contributed by atoms with van der Waals surface area (Å²) in [5, 5.41) is 0. The Morgan fingerprint density at radius 3 is 2.88 bits per heavy atom. The topological polar surface area (TPSA) is 47.0 Å². The molecule has 1 saturated heterocycles. The molecule has 3 rings (SSSR count). The average Bonchev–Trinajstić information content (AvgIpc) is 2.68. The number of hydrogen-bond acceptors (Lipinski definition) is 2. The number of aromatic amines is 1. The summed E-state index contributed by atoms with van der Waals surface area (Å²) in [6, 6.07) is 6.25. The third-order valence-corrected chi connectivity index (χ3v) is 3.50. The van der Waals surface area contributed by atoms with Crippen molar-refractivity contribution in [3.05, 3.63) is 34.2 Å². The Balaban J connectivity index is 2.20. The SMILES string of the molecule is Cc1cccc2[nH]c(=O)n(C3CCOCC3)c12. The molecule has 1 aromatic heterocycles. The van der Waals surface area contributed by atoms with Gasteiger partial charge in [0, 0.05) is 19.3 Å². The highest BCUT2D eigenvalue weighted by molar-refractivity contribution is 5.78. The van der Waals surface area contributed by atoms with Gasteiger partial charge in [0.25, 0.3) is 0 Å². The molecule has 0 spiro atoms. The van der Waals surface area contributed by atoms with E-state index in [4.69, 9.17) is 4.74 Å². The Morgan fingerprint density at radius 1 is 1.35 bits per heavy atom.